The zero-order valence-electron chi connectivity index (χ0n) is 48.6. The van der Waals surface area contributed by atoms with Crippen molar-refractivity contribution in [3.63, 3.8) is 0 Å². The van der Waals surface area contributed by atoms with E-state index in [0.717, 1.165) is 83.8 Å². The van der Waals surface area contributed by atoms with Gasteiger partial charge in [-0.15, -0.1) is 0 Å². The highest BCUT2D eigenvalue weighted by molar-refractivity contribution is 5.91. The Bertz CT molecular complexity index is 2200. The second-order valence-electron chi connectivity index (χ2n) is 17.0. The van der Waals surface area contributed by atoms with E-state index >= 15 is 0 Å². The normalized spacial score (nSPS) is 14.4. The predicted octanol–water partition coefficient (Wildman–Crippen LogP) is 13.1. The first-order valence-electron chi connectivity index (χ1n) is 26.6. The summed E-state index contributed by atoms with van der Waals surface area (Å²) in [6.45, 7) is 21.4. The topological polar surface area (TPSA) is 202 Å². The van der Waals surface area contributed by atoms with Gasteiger partial charge in [-0.3, -0.25) is 25.0 Å². The van der Waals surface area contributed by atoms with Gasteiger partial charge >= 0.3 is 0 Å². The van der Waals surface area contributed by atoms with E-state index < -0.39 is 15.6 Å². The zero-order valence-corrected chi connectivity index (χ0v) is 48.6. The highest BCUT2D eigenvalue weighted by atomic mass is 16.7. The Morgan fingerprint density at radius 1 is 0.487 bits per heavy atom. The molecule has 5 aromatic rings. The van der Waals surface area contributed by atoms with Crippen LogP contribution >= 0.6 is 0 Å². The molecule has 3 saturated heterocycles. The molecule has 0 spiro atoms. The van der Waals surface area contributed by atoms with Crippen LogP contribution in [0, 0.1) is 20.2 Å². The molecule has 0 amide bonds. The van der Waals surface area contributed by atoms with Crippen molar-refractivity contribution < 1.29 is 47.9 Å². The molecule has 0 radical (unpaired) electrons. The fourth-order valence-electron chi connectivity index (χ4n) is 6.62. The van der Waals surface area contributed by atoms with E-state index in [2.05, 4.69) is 66.4 Å². The number of hydrogen-bond acceptors (Lipinski definition) is 13. The third-order valence-corrected chi connectivity index (χ3v) is 10.4. The minimum atomic E-state index is -0.532. The minimum Gasteiger partial charge on any atom is -0.348 e. The lowest BCUT2D eigenvalue weighted by molar-refractivity contribution is -0.445. The summed E-state index contributed by atoms with van der Waals surface area (Å²) in [5.41, 5.74) is 10.6. The van der Waals surface area contributed by atoms with Gasteiger partial charge in [-0.25, -0.2) is 0 Å². The highest BCUT2D eigenvalue weighted by Gasteiger charge is 2.31. The van der Waals surface area contributed by atoms with Crippen molar-refractivity contribution >= 4 is 23.7 Å². The largest absolute Gasteiger partial charge is 0.348 e. The molecular weight excluding hydrogens is 991 g/mol. The van der Waals surface area contributed by atoms with Gasteiger partial charge in [0, 0.05) is 29.1 Å². The number of nitrogens with zero attached hydrogens (tertiary/aromatic N) is 2. The number of Topliss-reactive ketones (excluding diaryl/α,β-unsaturated/α-hetero) is 1. The van der Waals surface area contributed by atoms with Crippen molar-refractivity contribution in [3.05, 3.63) is 212 Å². The summed E-state index contributed by atoms with van der Waals surface area (Å²) in [7, 11) is 3.28. The smallest absolute Gasteiger partial charge is 0.194 e. The summed E-state index contributed by atoms with van der Waals surface area (Å²) < 4.78 is 33.1. The molecule has 8 rings (SSSR count). The monoisotopic (exact) mass is 1080 g/mol. The Balaban J connectivity index is 0. The first kappa shape index (κ1) is 73.5. The third kappa shape index (κ3) is 41.6. The Morgan fingerprint density at radius 3 is 1.05 bits per heavy atom. The second kappa shape index (κ2) is 46.5. The van der Waals surface area contributed by atoms with Crippen molar-refractivity contribution in [2.45, 2.75) is 118 Å². The molecule has 0 saturated carbocycles. The van der Waals surface area contributed by atoms with Crippen molar-refractivity contribution in [1.29, 1.82) is 0 Å². The maximum atomic E-state index is 10.6. The van der Waals surface area contributed by atoms with E-state index in [4.69, 9.17) is 48.6 Å². The first-order chi connectivity index (χ1) is 37.4. The zero-order chi connectivity index (χ0) is 58.9. The van der Waals surface area contributed by atoms with E-state index in [1.165, 1.54) is 23.7 Å². The summed E-state index contributed by atoms with van der Waals surface area (Å²) in [5.74, 6) is -0.899. The number of aryl methyl sites for hydroxylation is 3. The Kier molecular flexibility index (Phi) is 43.9. The van der Waals surface area contributed by atoms with E-state index in [0.29, 0.717) is 19.6 Å². The van der Waals surface area contributed by atoms with Gasteiger partial charge < -0.3 is 38.9 Å². The number of nitro groups is 2. The number of rotatable bonds is 13. The molecule has 0 bridgehead atoms. The summed E-state index contributed by atoms with van der Waals surface area (Å²) in [4.78, 5) is 37.8. The Hall–Kier alpha value is -6.56. The molecule has 0 aliphatic carbocycles. The van der Waals surface area contributed by atoms with Crippen molar-refractivity contribution in [1.82, 2.24) is 0 Å². The predicted molar refractivity (Wildman–Crippen MR) is 316 cm³/mol. The van der Waals surface area contributed by atoms with Gasteiger partial charge in [0.15, 0.2) is 37.2 Å². The van der Waals surface area contributed by atoms with Crippen LogP contribution in [0.5, 0.6) is 0 Å². The van der Waals surface area contributed by atoms with Gasteiger partial charge in [-0.2, -0.15) is 0 Å². The number of carbonyl (C=O) groups is 2. The Morgan fingerprint density at radius 2 is 0.756 bits per heavy atom. The number of hydrogen-bond donors (Lipinski definition) is 1. The van der Waals surface area contributed by atoms with Crippen LogP contribution in [0.15, 0.2) is 164 Å². The molecule has 430 valence electrons. The highest BCUT2D eigenvalue weighted by Crippen LogP contribution is 2.26. The van der Waals surface area contributed by atoms with Crippen LogP contribution in [-0.2, 0) is 57.3 Å². The Labute approximate surface area is 466 Å². The van der Waals surface area contributed by atoms with Crippen LogP contribution in [0.4, 0.5) is 0 Å². The number of ketones is 2. The summed E-state index contributed by atoms with van der Waals surface area (Å²) in [5, 5.41) is 17.6. The molecule has 3 fully saturated rings. The SMILES string of the molecule is CC.CC.CC(=O)/C=C/c1ccccc1.CC(=O)CCc1ccccc1.CC1(/C=C/c2ccccc2)OCCO1.CC1(CCc2ccccc2)OCCO1.CC1(CCc2ccccc2)OCCO1.CN.C[N+](=O)[O-].C[N+](=O)[O-]. The number of benzene rings is 5. The van der Waals surface area contributed by atoms with Gasteiger partial charge in [0.2, 0.25) is 0 Å². The van der Waals surface area contributed by atoms with Gasteiger partial charge in [0.25, 0.3) is 0 Å². The number of nitrogens with two attached hydrogens (primary N) is 1. The molecule has 15 heteroatoms. The fourth-order valence-corrected chi connectivity index (χ4v) is 6.62. The van der Waals surface area contributed by atoms with E-state index in [9.17, 15) is 9.59 Å². The molecule has 3 heterocycles. The number of carbonyl (C=O) groups excluding carboxylic acids is 2. The number of ether oxygens (including phenoxy) is 6. The van der Waals surface area contributed by atoms with Crippen molar-refractivity contribution in [3.8, 4) is 0 Å². The van der Waals surface area contributed by atoms with Crippen LogP contribution in [0.25, 0.3) is 12.2 Å². The number of allylic oxidation sites excluding steroid dienone is 1. The van der Waals surface area contributed by atoms with E-state index in [1.807, 2.05) is 158 Å². The summed E-state index contributed by atoms with van der Waals surface area (Å²) in [6.07, 6.45) is 12.8. The molecule has 5 aromatic carbocycles. The maximum Gasteiger partial charge on any atom is 0.194 e. The molecule has 15 nitrogen and oxygen atoms in total. The molecule has 0 aromatic heterocycles. The molecule has 3 aliphatic heterocycles. The first-order valence-corrected chi connectivity index (χ1v) is 26.6. The van der Waals surface area contributed by atoms with Gasteiger partial charge in [-0.1, -0.05) is 192 Å². The minimum absolute atomic E-state index is 0.0776. The fraction of sp³-hybridized carbons (Fsp3) is 0.429. The van der Waals surface area contributed by atoms with Crippen molar-refractivity contribution in [2.24, 2.45) is 5.73 Å². The van der Waals surface area contributed by atoms with Gasteiger partial charge in [-0.05, 0) is 101 Å². The van der Waals surface area contributed by atoms with Crippen molar-refractivity contribution in [2.75, 3.05) is 60.8 Å². The van der Waals surface area contributed by atoms with Gasteiger partial charge in [0.05, 0.1) is 39.6 Å². The average molecular weight is 1080 g/mol. The molecule has 2 N–H and O–H groups in total. The standard InChI is InChI=1S/2C12H16O2.C12H14O2.C10H12O.C10H10O.2C2H6.2CH3NO2.CH5N/c3*1-12(13-9-10-14-12)8-7-11-5-3-2-4-6-11;2*1-9(11)7-8-10-5-3-2-4-6-10;2*1-2;2*1-2(3)4;1-2/h2*2-6H,7-10H2,1H3;2-8H,9-10H2,1H3;2-6H,7-8H2,1H3;2-8H,1H3;2*1-2H3;2*1H3;2H2,1H3/b;;8-7+;;8-7+;;;;;. The molecule has 0 unspecified atom stereocenters. The average Bonchev–Trinajstić information content (AvgIpc) is 4.23. The lowest BCUT2D eigenvalue weighted by Gasteiger charge is -2.21. The molecule has 78 heavy (non-hydrogen) atoms. The lowest BCUT2D eigenvalue weighted by Crippen LogP contribution is -2.26. The molecule has 0 atom stereocenters. The van der Waals surface area contributed by atoms with Gasteiger partial charge in [0.1, 0.15) is 5.78 Å². The summed E-state index contributed by atoms with van der Waals surface area (Å²) in [6, 6.07) is 50.8. The van der Waals surface area contributed by atoms with Crippen LogP contribution in [0.1, 0.15) is 109 Å². The van der Waals surface area contributed by atoms with Crippen LogP contribution in [0.3, 0.4) is 0 Å². The van der Waals surface area contributed by atoms with E-state index in [1.54, 1.807) is 19.9 Å². The second-order valence-corrected chi connectivity index (χ2v) is 17.0. The van der Waals surface area contributed by atoms with Crippen LogP contribution < -0.4 is 5.73 Å². The maximum absolute atomic E-state index is 10.6. The quantitative estimate of drug-likeness (QED) is 0.0663. The van der Waals surface area contributed by atoms with E-state index in [-0.39, 0.29) is 23.1 Å². The molecular formula is C63H91N3O12. The lowest BCUT2D eigenvalue weighted by atomic mass is 10.1. The van der Waals surface area contributed by atoms with Crippen LogP contribution in [0.2, 0.25) is 0 Å². The molecule has 3 aliphatic rings. The third-order valence-electron chi connectivity index (χ3n) is 10.4. The van der Waals surface area contributed by atoms with Crippen LogP contribution in [-0.4, -0.2) is 99.6 Å². The summed E-state index contributed by atoms with van der Waals surface area (Å²) >= 11 is 0.